The third-order valence-corrected chi connectivity index (χ3v) is 4.21. The summed E-state index contributed by atoms with van der Waals surface area (Å²) in [6.07, 6.45) is 5.56. The molecule has 1 aliphatic rings. The standard InChI is InChI=1S/C15H23FN2/c1-18(2)13-8-6-7-12(16)14(13)15(11-17)9-4-3-5-10-15/h6-8H,3-5,9-11,17H2,1-2H3. The van der Waals surface area contributed by atoms with E-state index in [0.29, 0.717) is 6.54 Å². The summed E-state index contributed by atoms with van der Waals surface area (Å²) in [5.41, 5.74) is 7.66. The smallest absolute Gasteiger partial charge is 0.129 e. The third-order valence-electron chi connectivity index (χ3n) is 4.21. The van der Waals surface area contributed by atoms with Crippen LogP contribution in [0.1, 0.15) is 37.7 Å². The number of rotatable bonds is 3. The van der Waals surface area contributed by atoms with Crippen molar-refractivity contribution < 1.29 is 4.39 Å². The predicted octanol–water partition coefficient (Wildman–Crippen LogP) is 3.05. The average Bonchev–Trinajstić information content (AvgIpc) is 2.39. The van der Waals surface area contributed by atoms with Gasteiger partial charge in [-0.2, -0.15) is 0 Å². The molecule has 1 aromatic rings. The van der Waals surface area contributed by atoms with Gasteiger partial charge in [0.2, 0.25) is 0 Å². The molecule has 2 N–H and O–H groups in total. The van der Waals surface area contributed by atoms with Crippen molar-refractivity contribution in [2.75, 3.05) is 25.5 Å². The highest BCUT2D eigenvalue weighted by Gasteiger charge is 2.37. The molecule has 0 atom stereocenters. The largest absolute Gasteiger partial charge is 0.377 e. The van der Waals surface area contributed by atoms with E-state index in [1.165, 1.54) is 6.42 Å². The molecule has 0 heterocycles. The molecule has 0 unspecified atom stereocenters. The van der Waals surface area contributed by atoms with Crippen LogP contribution in [0.5, 0.6) is 0 Å². The van der Waals surface area contributed by atoms with Crippen LogP contribution >= 0.6 is 0 Å². The van der Waals surface area contributed by atoms with Crippen LogP contribution in [0.4, 0.5) is 10.1 Å². The van der Waals surface area contributed by atoms with Gasteiger partial charge in [-0.25, -0.2) is 4.39 Å². The zero-order valence-corrected chi connectivity index (χ0v) is 11.4. The van der Waals surface area contributed by atoms with Crippen LogP contribution in [-0.4, -0.2) is 20.6 Å². The van der Waals surface area contributed by atoms with Gasteiger partial charge in [0.1, 0.15) is 5.82 Å². The molecular formula is C15H23FN2. The first-order valence-corrected chi connectivity index (χ1v) is 6.77. The van der Waals surface area contributed by atoms with Crippen molar-refractivity contribution in [3.63, 3.8) is 0 Å². The molecule has 2 rings (SSSR count). The van der Waals surface area contributed by atoms with Gasteiger partial charge in [-0.3, -0.25) is 0 Å². The molecule has 2 nitrogen and oxygen atoms in total. The van der Waals surface area contributed by atoms with Crippen LogP contribution in [0.3, 0.4) is 0 Å². The Morgan fingerprint density at radius 2 is 1.89 bits per heavy atom. The quantitative estimate of drug-likeness (QED) is 0.893. The van der Waals surface area contributed by atoms with Crippen LogP contribution in [0, 0.1) is 5.82 Å². The SMILES string of the molecule is CN(C)c1cccc(F)c1C1(CN)CCCCC1. The monoisotopic (exact) mass is 250 g/mol. The Morgan fingerprint density at radius 1 is 1.22 bits per heavy atom. The average molecular weight is 250 g/mol. The van der Waals surface area contributed by atoms with E-state index in [1.807, 2.05) is 25.1 Å². The maximum atomic E-state index is 14.3. The molecule has 1 fully saturated rings. The van der Waals surface area contributed by atoms with Crippen LogP contribution in [0.15, 0.2) is 18.2 Å². The molecule has 1 aliphatic carbocycles. The first kappa shape index (κ1) is 13.3. The van der Waals surface area contributed by atoms with E-state index < -0.39 is 0 Å². The Balaban J connectivity index is 2.53. The third kappa shape index (κ3) is 2.24. The summed E-state index contributed by atoms with van der Waals surface area (Å²) in [6.45, 7) is 0.536. The molecule has 100 valence electrons. The summed E-state index contributed by atoms with van der Waals surface area (Å²) in [5, 5.41) is 0. The molecule has 0 radical (unpaired) electrons. The van der Waals surface area contributed by atoms with Crippen molar-refractivity contribution in [2.45, 2.75) is 37.5 Å². The molecule has 1 saturated carbocycles. The van der Waals surface area contributed by atoms with E-state index in [4.69, 9.17) is 5.73 Å². The fraction of sp³-hybridized carbons (Fsp3) is 0.600. The van der Waals surface area contributed by atoms with E-state index in [2.05, 4.69) is 0 Å². The second-order valence-corrected chi connectivity index (χ2v) is 5.57. The van der Waals surface area contributed by atoms with Crippen molar-refractivity contribution in [1.82, 2.24) is 0 Å². The first-order chi connectivity index (χ1) is 8.60. The summed E-state index contributed by atoms with van der Waals surface area (Å²) in [7, 11) is 3.93. The van der Waals surface area contributed by atoms with Gasteiger partial charge in [0.15, 0.2) is 0 Å². The lowest BCUT2D eigenvalue weighted by molar-refractivity contribution is 0.292. The molecule has 0 bridgehead atoms. The minimum Gasteiger partial charge on any atom is -0.377 e. The number of benzene rings is 1. The fourth-order valence-electron chi connectivity index (χ4n) is 3.20. The number of hydrogen-bond acceptors (Lipinski definition) is 2. The Hall–Kier alpha value is -1.09. The van der Waals surface area contributed by atoms with Gasteiger partial charge in [-0.15, -0.1) is 0 Å². The van der Waals surface area contributed by atoms with E-state index in [0.717, 1.165) is 36.9 Å². The van der Waals surface area contributed by atoms with E-state index in [-0.39, 0.29) is 11.2 Å². The Kier molecular flexibility index (Phi) is 3.91. The second-order valence-electron chi connectivity index (χ2n) is 5.57. The van der Waals surface area contributed by atoms with Gasteiger partial charge in [-0.1, -0.05) is 25.3 Å². The highest BCUT2D eigenvalue weighted by Crippen LogP contribution is 2.43. The summed E-state index contributed by atoms with van der Waals surface area (Å²) in [4.78, 5) is 1.99. The van der Waals surface area contributed by atoms with Crippen molar-refractivity contribution in [3.8, 4) is 0 Å². The normalized spacial score (nSPS) is 18.7. The van der Waals surface area contributed by atoms with Crippen molar-refractivity contribution in [3.05, 3.63) is 29.6 Å². The number of nitrogens with zero attached hydrogens (tertiary/aromatic N) is 1. The second kappa shape index (κ2) is 5.27. The number of nitrogens with two attached hydrogens (primary N) is 1. The Bertz CT molecular complexity index is 409. The molecular weight excluding hydrogens is 227 g/mol. The molecule has 0 spiro atoms. The van der Waals surface area contributed by atoms with Crippen molar-refractivity contribution >= 4 is 5.69 Å². The zero-order valence-electron chi connectivity index (χ0n) is 11.4. The number of hydrogen-bond donors (Lipinski definition) is 1. The Labute approximate surface area is 109 Å². The van der Waals surface area contributed by atoms with Crippen molar-refractivity contribution in [2.24, 2.45) is 5.73 Å². The van der Waals surface area contributed by atoms with E-state index in [1.54, 1.807) is 12.1 Å². The molecule has 0 saturated heterocycles. The van der Waals surface area contributed by atoms with Gasteiger partial charge in [0.05, 0.1) is 0 Å². The molecule has 0 aromatic heterocycles. The minimum atomic E-state index is -0.163. The molecule has 1 aromatic carbocycles. The molecule has 0 amide bonds. The number of halogens is 1. The summed E-state index contributed by atoms with van der Waals surface area (Å²) in [6, 6.07) is 5.33. The summed E-state index contributed by atoms with van der Waals surface area (Å²) < 4.78 is 14.3. The fourth-order valence-corrected chi connectivity index (χ4v) is 3.20. The van der Waals surface area contributed by atoms with Crippen LogP contribution in [-0.2, 0) is 5.41 Å². The lowest BCUT2D eigenvalue weighted by Crippen LogP contribution is -2.39. The number of anilines is 1. The van der Waals surface area contributed by atoms with Crippen molar-refractivity contribution in [1.29, 1.82) is 0 Å². The minimum absolute atomic E-state index is 0.103. The maximum Gasteiger partial charge on any atom is 0.129 e. The molecule has 3 heteroatoms. The molecule has 18 heavy (non-hydrogen) atoms. The van der Waals surface area contributed by atoms with Gasteiger partial charge >= 0.3 is 0 Å². The van der Waals surface area contributed by atoms with E-state index in [9.17, 15) is 4.39 Å². The topological polar surface area (TPSA) is 29.3 Å². The first-order valence-electron chi connectivity index (χ1n) is 6.77. The van der Waals surface area contributed by atoms with Gasteiger partial charge in [0.25, 0.3) is 0 Å². The lowest BCUT2D eigenvalue weighted by atomic mass is 9.68. The van der Waals surface area contributed by atoms with Gasteiger partial charge < -0.3 is 10.6 Å². The van der Waals surface area contributed by atoms with Crippen LogP contribution in [0.2, 0.25) is 0 Å². The highest BCUT2D eigenvalue weighted by molar-refractivity contribution is 5.57. The predicted molar refractivity (Wildman–Crippen MR) is 74.5 cm³/mol. The van der Waals surface area contributed by atoms with Crippen LogP contribution in [0.25, 0.3) is 0 Å². The van der Waals surface area contributed by atoms with Gasteiger partial charge in [0, 0.05) is 37.3 Å². The lowest BCUT2D eigenvalue weighted by Gasteiger charge is -2.39. The van der Waals surface area contributed by atoms with Gasteiger partial charge in [-0.05, 0) is 25.0 Å². The highest BCUT2D eigenvalue weighted by atomic mass is 19.1. The Morgan fingerprint density at radius 3 is 2.44 bits per heavy atom. The molecule has 0 aliphatic heterocycles. The summed E-state index contributed by atoms with van der Waals surface area (Å²) in [5.74, 6) is -0.103. The summed E-state index contributed by atoms with van der Waals surface area (Å²) >= 11 is 0. The van der Waals surface area contributed by atoms with Crippen LogP contribution < -0.4 is 10.6 Å². The zero-order chi connectivity index (χ0) is 13.2. The van der Waals surface area contributed by atoms with E-state index >= 15 is 0 Å². The maximum absolute atomic E-state index is 14.3.